The lowest BCUT2D eigenvalue weighted by atomic mass is 10.0. The van der Waals surface area contributed by atoms with Crippen LogP contribution in [0.25, 0.3) is 22.6 Å². The molecule has 0 unspecified atom stereocenters. The fraction of sp³-hybridized carbons (Fsp3) is 0.133. The molecule has 0 fully saturated rings. The van der Waals surface area contributed by atoms with E-state index in [-0.39, 0.29) is 5.88 Å². The predicted molar refractivity (Wildman–Crippen MR) is 78.7 cm³/mol. The molecule has 0 aliphatic rings. The van der Waals surface area contributed by atoms with Crippen LogP contribution < -0.4 is 10.5 Å². The van der Waals surface area contributed by atoms with Gasteiger partial charge in [-0.25, -0.2) is 9.97 Å². The predicted octanol–water partition coefficient (Wildman–Crippen LogP) is 2.70. The summed E-state index contributed by atoms with van der Waals surface area (Å²) in [4.78, 5) is 8.38. The second-order valence-corrected chi connectivity index (χ2v) is 4.53. The van der Waals surface area contributed by atoms with Crippen LogP contribution >= 0.6 is 0 Å². The summed E-state index contributed by atoms with van der Waals surface area (Å²) in [5.74, 6) is 1.46. The molecule has 0 aliphatic heterocycles. The van der Waals surface area contributed by atoms with Gasteiger partial charge in [0.05, 0.1) is 12.7 Å². The number of aromatic nitrogens is 3. The van der Waals surface area contributed by atoms with Crippen LogP contribution in [-0.2, 0) is 0 Å². The van der Waals surface area contributed by atoms with E-state index < -0.39 is 0 Å². The van der Waals surface area contributed by atoms with Gasteiger partial charge < -0.3 is 15.0 Å². The summed E-state index contributed by atoms with van der Waals surface area (Å²) < 4.78 is 10.5. The van der Waals surface area contributed by atoms with Gasteiger partial charge >= 0.3 is 0 Å². The van der Waals surface area contributed by atoms with E-state index in [1.807, 2.05) is 25.1 Å². The van der Waals surface area contributed by atoms with Crippen LogP contribution in [0.15, 0.2) is 41.2 Å². The summed E-state index contributed by atoms with van der Waals surface area (Å²) in [6.45, 7) is 1.97. The molecule has 0 saturated carbocycles. The smallest absolute Gasteiger partial charge is 0.230 e. The number of anilines is 1. The monoisotopic (exact) mass is 282 g/mol. The normalized spacial score (nSPS) is 10.6. The summed E-state index contributed by atoms with van der Waals surface area (Å²) in [7, 11) is 1.63. The molecule has 2 aromatic heterocycles. The minimum Gasteiger partial charge on any atom is -0.496 e. The Kier molecular flexibility index (Phi) is 3.27. The quantitative estimate of drug-likeness (QED) is 0.794. The summed E-state index contributed by atoms with van der Waals surface area (Å²) in [6.07, 6.45) is 3.29. The Hall–Kier alpha value is -2.89. The molecular formula is C15H14N4O2. The molecule has 6 heteroatoms. The summed E-state index contributed by atoms with van der Waals surface area (Å²) in [5, 5.41) is 3.97. The zero-order valence-corrected chi connectivity index (χ0v) is 11.7. The van der Waals surface area contributed by atoms with Gasteiger partial charge in [-0.05, 0) is 30.2 Å². The first-order valence-electron chi connectivity index (χ1n) is 6.38. The molecule has 0 radical (unpaired) electrons. The third kappa shape index (κ3) is 2.31. The zero-order valence-electron chi connectivity index (χ0n) is 11.7. The molecule has 0 saturated heterocycles. The van der Waals surface area contributed by atoms with E-state index in [0.29, 0.717) is 17.1 Å². The number of rotatable bonds is 3. The molecule has 0 aliphatic carbocycles. The highest BCUT2D eigenvalue weighted by Crippen LogP contribution is 2.36. The van der Waals surface area contributed by atoms with E-state index >= 15 is 0 Å². The van der Waals surface area contributed by atoms with Crippen LogP contribution in [0.2, 0.25) is 0 Å². The third-order valence-electron chi connectivity index (χ3n) is 3.19. The second kappa shape index (κ2) is 5.24. The topological polar surface area (TPSA) is 87.1 Å². The molecule has 2 N–H and O–H groups in total. The van der Waals surface area contributed by atoms with Crippen molar-refractivity contribution in [3.63, 3.8) is 0 Å². The van der Waals surface area contributed by atoms with Crippen molar-refractivity contribution in [3.8, 4) is 28.4 Å². The molecule has 2 heterocycles. The molecule has 0 bridgehead atoms. The minimum absolute atomic E-state index is 0.225. The molecule has 0 amide bonds. The van der Waals surface area contributed by atoms with Gasteiger partial charge in [0, 0.05) is 12.4 Å². The molecule has 3 aromatic rings. The zero-order chi connectivity index (χ0) is 14.8. The second-order valence-electron chi connectivity index (χ2n) is 4.53. The van der Waals surface area contributed by atoms with E-state index in [4.69, 9.17) is 15.0 Å². The average Bonchev–Trinajstić information content (AvgIpc) is 2.90. The van der Waals surface area contributed by atoms with Crippen molar-refractivity contribution in [1.29, 1.82) is 0 Å². The van der Waals surface area contributed by atoms with E-state index in [9.17, 15) is 0 Å². The van der Waals surface area contributed by atoms with E-state index in [0.717, 1.165) is 16.9 Å². The van der Waals surface area contributed by atoms with E-state index in [1.54, 1.807) is 25.6 Å². The maximum absolute atomic E-state index is 5.91. The lowest BCUT2D eigenvalue weighted by Gasteiger charge is -2.07. The molecule has 21 heavy (non-hydrogen) atoms. The van der Waals surface area contributed by atoms with E-state index in [1.165, 1.54) is 0 Å². The van der Waals surface area contributed by atoms with Crippen molar-refractivity contribution in [2.75, 3.05) is 12.8 Å². The van der Waals surface area contributed by atoms with Gasteiger partial charge in [0.1, 0.15) is 5.75 Å². The number of hydrogen-bond donors (Lipinski definition) is 1. The fourth-order valence-electron chi connectivity index (χ4n) is 2.13. The van der Waals surface area contributed by atoms with Crippen LogP contribution in [0.4, 0.5) is 5.88 Å². The van der Waals surface area contributed by atoms with Crippen molar-refractivity contribution in [1.82, 2.24) is 15.1 Å². The Morgan fingerprint density at radius 3 is 2.67 bits per heavy atom. The molecule has 3 rings (SSSR count). The molecule has 1 aromatic carbocycles. The van der Waals surface area contributed by atoms with Crippen LogP contribution in [0.5, 0.6) is 5.75 Å². The van der Waals surface area contributed by atoms with Crippen molar-refractivity contribution in [2.45, 2.75) is 6.92 Å². The molecule has 0 spiro atoms. The number of aryl methyl sites for hydroxylation is 1. The van der Waals surface area contributed by atoms with Gasteiger partial charge in [-0.2, -0.15) is 0 Å². The average molecular weight is 282 g/mol. The highest BCUT2D eigenvalue weighted by Gasteiger charge is 2.20. The Morgan fingerprint density at radius 1 is 1.19 bits per heavy atom. The number of ether oxygens (including phenoxy) is 1. The van der Waals surface area contributed by atoms with Gasteiger partial charge in [-0.3, -0.25) is 0 Å². The maximum atomic E-state index is 5.91. The fourth-order valence-corrected chi connectivity index (χ4v) is 2.13. The van der Waals surface area contributed by atoms with Gasteiger partial charge in [-0.15, -0.1) is 0 Å². The van der Waals surface area contributed by atoms with Crippen molar-refractivity contribution in [2.24, 2.45) is 0 Å². The van der Waals surface area contributed by atoms with Crippen LogP contribution in [0, 0.1) is 6.92 Å². The lowest BCUT2D eigenvalue weighted by molar-refractivity contribution is 0.412. The van der Waals surface area contributed by atoms with E-state index in [2.05, 4.69) is 15.1 Å². The van der Waals surface area contributed by atoms with Crippen LogP contribution in [0.1, 0.15) is 5.56 Å². The largest absolute Gasteiger partial charge is 0.496 e. The summed E-state index contributed by atoms with van der Waals surface area (Å²) in [5.41, 5.74) is 8.98. The Bertz CT molecular complexity index is 769. The summed E-state index contributed by atoms with van der Waals surface area (Å²) in [6, 6.07) is 7.52. The Labute approximate surface area is 121 Å². The number of methoxy groups -OCH3 is 1. The highest BCUT2D eigenvalue weighted by molar-refractivity contribution is 5.85. The Balaban J connectivity index is 2.17. The number of nitrogens with zero attached hydrogens (tertiary/aromatic N) is 3. The van der Waals surface area contributed by atoms with Gasteiger partial charge in [-0.1, -0.05) is 17.3 Å². The van der Waals surface area contributed by atoms with Crippen LogP contribution in [-0.4, -0.2) is 22.2 Å². The first kappa shape index (κ1) is 13.1. The molecular weight excluding hydrogens is 268 g/mol. The maximum Gasteiger partial charge on any atom is 0.230 e. The molecule has 106 valence electrons. The SMILES string of the molecule is COc1cc(-c2c(-c3ncccn3)noc2N)ccc1C. The van der Waals surface area contributed by atoms with Gasteiger partial charge in [0.25, 0.3) is 0 Å². The minimum atomic E-state index is 0.225. The number of benzene rings is 1. The van der Waals surface area contributed by atoms with Gasteiger partial charge in [0.15, 0.2) is 11.5 Å². The third-order valence-corrected chi connectivity index (χ3v) is 3.19. The van der Waals surface area contributed by atoms with Crippen LogP contribution in [0.3, 0.4) is 0 Å². The highest BCUT2D eigenvalue weighted by atomic mass is 16.5. The number of hydrogen-bond acceptors (Lipinski definition) is 6. The molecule has 6 nitrogen and oxygen atoms in total. The number of nitrogen functional groups attached to an aromatic ring is 1. The lowest BCUT2D eigenvalue weighted by Crippen LogP contribution is -1.93. The van der Waals surface area contributed by atoms with Crippen molar-refractivity contribution in [3.05, 3.63) is 42.2 Å². The number of nitrogens with two attached hydrogens (primary N) is 1. The Morgan fingerprint density at radius 2 is 1.95 bits per heavy atom. The summed E-state index contributed by atoms with van der Waals surface area (Å²) >= 11 is 0. The standard InChI is InChI=1S/C15H14N4O2/c1-9-4-5-10(8-11(9)20-2)12-13(19-21-14(12)16)15-17-6-3-7-18-15/h3-8H,16H2,1-2H3. The molecule has 0 atom stereocenters. The van der Waals surface area contributed by atoms with Crippen molar-refractivity contribution < 1.29 is 9.26 Å². The first-order chi connectivity index (χ1) is 10.2. The van der Waals surface area contributed by atoms with Gasteiger partial charge in [0.2, 0.25) is 5.88 Å². The first-order valence-corrected chi connectivity index (χ1v) is 6.38. The van der Waals surface area contributed by atoms with Crippen molar-refractivity contribution >= 4 is 5.88 Å².